The van der Waals surface area contributed by atoms with Gasteiger partial charge in [-0.25, -0.2) is 14.3 Å². The summed E-state index contributed by atoms with van der Waals surface area (Å²) in [5, 5.41) is 25.3. The quantitative estimate of drug-likeness (QED) is 0.790. The number of ether oxygens (including phenoxy) is 1. The molecule has 2 aromatic rings. The molecule has 1 aromatic carbocycles. The minimum absolute atomic E-state index is 0.182. The second kappa shape index (κ2) is 6.70. The maximum absolute atomic E-state index is 11.2. The molecule has 22 heavy (non-hydrogen) atoms. The van der Waals surface area contributed by atoms with Gasteiger partial charge in [-0.2, -0.15) is 0 Å². The Balaban J connectivity index is 2.15. The van der Waals surface area contributed by atoms with Crippen LogP contribution in [0.1, 0.15) is 29.1 Å². The number of rotatable bonds is 7. The van der Waals surface area contributed by atoms with Crippen molar-refractivity contribution in [1.82, 2.24) is 15.0 Å². The number of aromatic carboxylic acids is 1. The van der Waals surface area contributed by atoms with Crippen LogP contribution in [0.3, 0.4) is 0 Å². The fraction of sp³-hybridized carbons (Fsp3) is 0.286. The molecule has 0 bridgehead atoms. The summed E-state index contributed by atoms with van der Waals surface area (Å²) < 4.78 is 6.60. The van der Waals surface area contributed by atoms with E-state index in [-0.39, 0.29) is 24.4 Å². The molecule has 0 saturated carbocycles. The van der Waals surface area contributed by atoms with Crippen LogP contribution in [0.5, 0.6) is 5.75 Å². The molecule has 1 atom stereocenters. The normalized spacial score (nSPS) is 11.9. The number of aromatic nitrogens is 3. The molecule has 1 heterocycles. The molecule has 0 aliphatic carbocycles. The van der Waals surface area contributed by atoms with Gasteiger partial charge >= 0.3 is 11.9 Å². The highest BCUT2D eigenvalue weighted by molar-refractivity contribution is 5.86. The number of nitrogens with zero attached hydrogens (tertiary/aromatic N) is 3. The lowest BCUT2D eigenvalue weighted by molar-refractivity contribution is -0.140. The molecule has 0 aliphatic rings. The van der Waals surface area contributed by atoms with Crippen molar-refractivity contribution < 1.29 is 24.5 Å². The van der Waals surface area contributed by atoms with Crippen molar-refractivity contribution in [2.75, 3.05) is 6.61 Å². The molecule has 2 rings (SSSR count). The van der Waals surface area contributed by atoms with Gasteiger partial charge in [0.1, 0.15) is 11.8 Å². The van der Waals surface area contributed by atoms with Crippen LogP contribution >= 0.6 is 0 Å². The number of benzene rings is 1. The van der Waals surface area contributed by atoms with E-state index in [1.165, 1.54) is 6.92 Å². The highest BCUT2D eigenvalue weighted by Gasteiger charge is 2.24. The van der Waals surface area contributed by atoms with Crippen LogP contribution in [0.15, 0.2) is 30.3 Å². The Morgan fingerprint density at radius 3 is 2.55 bits per heavy atom. The molecule has 1 unspecified atom stereocenters. The number of para-hydroxylation sites is 1. The van der Waals surface area contributed by atoms with E-state index >= 15 is 0 Å². The highest BCUT2D eigenvalue weighted by Crippen LogP contribution is 2.15. The van der Waals surface area contributed by atoms with Crippen LogP contribution in [-0.2, 0) is 11.2 Å². The van der Waals surface area contributed by atoms with Crippen molar-refractivity contribution in [1.29, 1.82) is 0 Å². The van der Waals surface area contributed by atoms with Crippen molar-refractivity contribution in [2.45, 2.75) is 19.4 Å². The zero-order valence-corrected chi connectivity index (χ0v) is 11.8. The van der Waals surface area contributed by atoms with Crippen molar-refractivity contribution >= 4 is 11.9 Å². The zero-order chi connectivity index (χ0) is 16.1. The first-order valence-electron chi connectivity index (χ1n) is 6.58. The van der Waals surface area contributed by atoms with Gasteiger partial charge in [0.25, 0.3) is 0 Å². The number of carboxylic acid groups (broad SMARTS) is 2. The number of aliphatic carboxylic acids is 1. The summed E-state index contributed by atoms with van der Waals surface area (Å²) in [6, 6.07) is 8.02. The lowest BCUT2D eigenvalue weighted by Gasteiger charge is -2.11. The van der Waals surface area contributed by atoms with Gasteiger partial charge < -0.3 is 14.9 Å². The van der Waals surface area contributed by atoms with E-state index < -0.39 is 18.0 Å². The third-order valence-corrected chi connectivity index (χ3v) is 3.07. The molecule has 8 heteroatoms. The van der Waals surface area contributed by atoms with Gasteiger partial charge in [0.2, 0.25) is 0 Å². The minimum atomic E-state index is -1.25. The smallest absolute Gasteiger partial charge is 0.358 e. The summed E-state index contributed by atoms with van der Waals surface area (Å²) >= 11 is 0. The molecular weight excluding hydrogens is 290 g/mol. The van der Waals surface area contributed by atoms with Crippen molar-refractivity contribution in [3.63, 3.8) is 0 Å². The Kier molecular flexibility index (Phi) is 4.72. The van der Waals surface area contributed by atoms with Gasteiger partial charge in [-0.3, -0.25) is 0 Å². The monoisotopic (exact) mass is 305 g/mol. The number of hydrogen-bond donors (Lipinski definition) is 2. The SMILES string of the molecule is CC(C(=O)O)n1nnc(C(=O)O)c1CCOc1ccccc1. The van der Waals surface area contributed by atoms with E-state index in [0.29, 0.717) is 5.75 Å². The predicted octanol–water partition coefficient (Wildman–Crippen LogP) is 1.24. The Bertz CT molecular complexity index is 668. The van der Waals surface area contributed by atoms with E-state index in [0.717, 1.165) is 4.68 Å². The first kappa shape index (κ1) is 15.5. The molecular formula is C14H15N3O5. The maximum atomic E-state index is 11.2. The van der Waals surface area contributed by atoms with Crippen LogP contribution in [0, 0.1) is 0 Å². The average Bonchev–Trinajstić information content (AvgIpc) is 2.91. The molecule has 0 fully saturated rings. The van der Waals surface area contributed by atoms with E-state index in [4.69, 9.17) is 14.9 Å². The fourth-order valence-corrected chi connectivity index (χ4v) is 1.91. The van der Waals surface area contributed by atoms with E-state index in [1.54, 1.807) is 12.1 Å². The summed E-state index contributed by atoms with van der Waals surface area (Å²) in [4.78, 5) is 22.2. The Morgan fingerprint density at radius 1 is 1.27 bits per heavy atom. The standard InChI is InChI=1S/C14H15N3O5/c1-9(13(18)19)17-11(12(14(20)21)15-16-17)7-8-22-10-5-3-2-4-6-10/h2-6,9H,7-8H2,1H3,(H,18,19)(H,20,21). The summed E-state index contributed by atoms with van der Waals surface area (Å²) in [5.74, 6) is -1.73. The fourth-order valence-electron chi connectivity index (χ4n) is 1.91. The van der Waals surface area contributed by atoms with Gasteiger partial charge in [-0.15, -0.1) is 5.10 Å². The van der Waals surface area contributed by atoms with Crippen LogP contribution in [-0.4, -0.2) is 43.8 Å². The highest BCUT2D eigenvalue weighted by atomic mass is 16.5. The van der Waals surface area contributed by atoms with E-state index in [1.807, 2.05) is 18.2 Å². The Hall–Kier alpha value is -2.90. The number of carboxylic acids is 2. The summed E-state index contributed by atoms with van der Waals surface area (Å²) in [6.07, 6.45) is 0.182. The minimum Gasteiger partial charge on any atom is -0.493 e. The van der Waals surface area contributed by atoms with Crippen LogP contribution in [0.25, 0.3) is 0 Å². The van der Waals surface area contributed by atoms with Gasteiger partial charge in [0.15, 0.2) is 5.69 Å². The summed E-state index contributed by atoms with van der Waals surface area (Å²) in [5.41, 5.74) is -0.0388. The van der Waals surface area contributed by atoms with Crippen LogP contribution in [0.4, 0.5) is 0 Å². The van der Waals surface area contributed by atoms with Crippen molar-refractivity contribution in [3.05, 3.63) is 41.7 Å². The summed E-state index contributed by atoms with van der Waals surface area (Å²) in [7, 11) is 0. The third-order valence-electron chi connectivity index (χ3n) is 3.07. The summed E-state index contributed by atoms with van der Waals surface area (Å²) in [6.45, 7) is 1.59. The first-order valence-corrected chi connectivity index (χ1v) is 6.58. The molecule has 0 saturated heterocycles. The lowest BCUT2D eigenvalue weighted by Crippen LogP contribution is -2.21. The Morgan fingerprint density at radius 2 is 1.95 bits per heavy atom. The van der Waals surface area contributed by atoms with Crippen molar-refractivity contribution in [3.8, 4) is 5.75 Å². The van der Waals surface area contributed by atoms with Gasteiger partial charge in [-0.05, 0) is 19.1 Å². The Labute approximate surface area is 125 Å². The molecule has 0 aliphatic heterocycles. The molecule has 2 N–H and O–H groups in total. The second-order valence-electron chi connectivity index (χ2n) is 4.56. The topological polar surface area (TPSA) is 115 Å². The van der Waals surface area contributed by atoms with Crippen molar-refractivity contribution in [2.24, 2.45) is 0 Å². The van der Waals surface area contributed by atoms with Gasteiger partial charge in [-0.1, -0.05) is 23.4 Å². The molecule has 0 radical (unpaired) electrons. The van der Waals surface area contributed by atoms with E-state index in [9.17, 15) is 9.59 Å². The average molecular weight is 305 g/mol. The molecule has 0 spiro atoms. The number of hydrogen-bond acceptors (Lipinski definition) is 5. The molecule has 8 nitrogen and oxygen atoms in total. The lowest BCUT2D eigenvalue weighted by atomic mass is 10.2. The van der Waals surface area contributed by atoms with Crippen LogP contribution in [0.2, 0.25) is 0 Å². The molecule has 1 aromatic heterocycles. The maximum Gasteiger partial charge on any atom is 0.358 e. The van der Waals surface area contributed by atoms with Gasteiger partial charge in [0, 0.05) is 6.42 Å². The third kappa shape index (κ3) is 3.40. The first-order chi connectivity index (χ1) is 10.5. The van der Waals surface area contributed by atoms with Crippen LogP contribution < -0.4 is 4.74 Å². The number of carbonyl (C=O) groups is 2. The largest absolute Gasteiger partial charge is 0.493 e. The zero-order valence-electron chi connectivity index (χ0n) is 11.8. The molecule has 0 amide bonds. The predicted molar refractivity (Wildman–Crippen MR) is 75.0 cm³/mol. The van der Waals surface area contributed by atoms with Gasteiger partial charge in [0.05, 0.1) is 12.3 Å². The van der Waals surface area contributed by atoms with E-state index in [2.05, 4.69) is 10.3 Å². The second-order valence-corrected chi connectivity index (χ2v) is 4.56. The molecule has 116 valence electrons.